The molecule has 0 saturated carbocycles. The number of allylic oxidation sites excluding steroid dienone is 1. The Morgan fingerprint density at radius 3 is 2.47 bits per heavy atom. The van der Waals surface area contributed by atoms with Gasteiger partial charge in [0.05, 0.1) is 12.7 Å². The third-order valence-electron chi connectivity index (χ3n) is 2.74. The van der Waals surface area contributed by atoms with Gasteiger partial charge in [0.25, 0.3) is 0 Å². The van der Waals surface area contributed by atoms with Gasteiger partial charge in [0.15, 0.2) is 0 Å². The van der Waals surface area contributed by atoms with E-state index in [9.17, 15) is 9.90 Å². The van der Waals surface area contributed by atoms with Crippen molar-refractivity contribution in [2.45, 2.75) is 47.1 Å². The molecule has 0 saturated heterocycles. The van der Waals surface area contributed by atoms with Crippen molar-refractivity contribution < 1.29 is 14.6 Å². The highest BCUT2D eigenvalue weighted by Crippen LogP contribution is 2.16. The summed E-state index contributed by atoms with van der Waals surface area (Å²) in [5.74, 6) is -0.372. The van der Waals surface area contributed by atoms with Crippen molar-refractivity contribution in [1.82, 2.24) is 0 Å². The Bertz CT molecular complexity index is 303. The van der Waals surface area contributed by atoms with Gasteiger partial charge >= 0.3 is 5.97 Å². The third kappa shape index (κ3) is 6.27. The van der Waals surface area contributed by atoms with E-state index >= 15 is 0 Å². The number of carbonyl (C=O) groups excluding carboxylic acids is 1. The van der Waals surface area contributed by atoms with E-state index in [1.54, 1.807) is 19.9 Å². The number of rotatable bonds is 6. The van der Waals surface area contributed by atoms with Crippen LogP contribution in [0.3, 0.4) is 0 Å². The number of aliphatic hydroxyl groups excluding tert-OH is 1. The van der Waals surface area contributed by atoms with Crippen molar-refractivity contribution in [2.75, 3.05) is 6.61 Å². The molecule has 0 aromatic heterocycles. The maximum Gasteiger partial charge on any atom is 0.333 e. The third-order valence-corrected chi connectivity index (χ3v) is 2.74. The number of esters is 1. The average Bonchev–Trinajstić information content (AvgIpc) is 2.28. The molecular formula is C14H24O3. The zero-order valence-electron chi connectivity index (χ0n) is 11.5. The van der Waals surface area contributed by atoms with Gasteiger partial charge < -0.3 is 9.84 Å². The maximum absolute atomic E-state index is 11.4. The zero-order valence-corrected chi connectivity index (χ0v) is 11.5. The van der Waals surface area contributed by atoms with E-state index in [2.05, 4.69) is 0 Å². The monoisotopic (exact) mass is 240 g/mol. The second-order valence-electron chi connectivity index (χ2n) is 4.34. The number of ether oxygens (including phenoxy) is 1. The van der Waals surface area contributed by atoms with Crippen LogP contribution in [0.2, 0.25) is 0 Å². The van der Waals surface area contributed by atoms with Crippen LogP contribution in [0.5, 0.6) is 0 Å². The molecule has 0 radical (unpaired) electrons. The number of hydrogen-bond acceptors (Lipinski definition) is 3. The summed E-state index contributed by atoms with van der Waals surface area (Å²) in [6.07, 6.45) is 3.92. The Morgan fingerprint density at radius 2 is 2.00 bits per heavy atom. The van der Waals surface area contributed by atoms with E-state index in [4.69, 9.17) is 4.74 Å². The summed E-state index contributed by atoms with van der Waals surface area (Å²) in [5.41, 5.74) is 1.70. The van der Waals surface area contributed by atoms with Crippen LogP contribution < -0.4 is 0 Å². The molecule has 2 atom stereocenters. The summed E-state index contributed by atoms with van der Waals surface area (Å²) in [4.78, 5) is 11.4. The van der Waals surface area contributed by atoms with Crippen LogP contribution in [0, 0.1) is 5.92 Å². The molecule has 0 amide bonds. The number of carbonyl (C=O) groups is 1. The highest BCUT2D eigenvalue weighted by atomic mass is 16.5. The Hall–Kier alpha value is -1.09. The molecule has 0 unspecified atom stereocenters. The van der Waals surface area contributed by atoms with Crippen molar-refractivity contribution in [3.63, 3.8) is 0 Å². The molecule has 0 aliphatic carbocycles. The first-order valence-electron chi connectivity index (χ1n) is 6.07. The largest absolute Gasteiger partial charge is 0.463 e. The van der Waals surface area contributed by atoms with Gasteiger partial charge in [0, 0.05) is 11.5 Å². The molecule has 17 heavy (non-hydrogen) atoms. The average molecular weight is 240 g/mol. The van der Waals surface area contributed by atoms with Gasteiger partial charge in [-0.3, -0.25) is 0 Å². The minimum Gasteiger partial charge on any atom is -0.463 e. The van der Waals surface area contributed by atoms with Gasteiger partial charge in [0.1, 0.15) is 0 Å². The minimum absolute atomic E-state index is 0.0608. The predicted octanol–water partition coefficient (Wildman–Crippen LogP) is 2.85. The summed E-state index contributed by atoms with van der Waals surface area (Å²) >= 11 is 0. The van der Waals surface area contributed by atoms with E-state index in [0.717, 1.165) is 5.57 Å². The zero-order chi connectivity index (χ0) is 13.4. The van der Waals surface area contributed by atoms with Crippen LogP contribution in [-0.2, 0) is 9.53 Å². The van der Waals surface area contributed by atoms with Crippen molar-refractivity contribution in [1.29, 1.82) is 0 Å². The van der Waals surface area contributed by atoms with Crippen molar-refractivity contribution in [2.24, 2.45) is 5.92 Å². The first kappa shape index (κ1) is 15.9. The second-order valence-corrected chi connectivity index (χ2v) is 4.34. The summed E-state index contributed by atoms with van der Waals surface area (Å²) in [7, 11) is 0. The summed E-state index contributed by atoms with van der Waals surface area (Å²) in [6.45, 7) is 9.70. The fourth-order valence-corrected chi connectivity index (χ4v) is 1.45. The smallest absolute Gasteiger partial charge is 0.333 e. The molecule has 0 aromatic rings. The normalized spacial score (nSPS) is 16.6. The van der Waals surface area contributed by atoms with Crippen LogP contribution >= 0.6 is 0 Å². The van der Waals surface area contributed by atoms with Gasteiger partial charge in [-0.1, -0.05) is 24.6 Å². The van der Waals surface area contributed by atoms with Crippen LogP contribution in [0.25, 0.3) is 0 Å². The lowest BCUT2D eigenvalue weighted by molar-refractivity contribution is -0.138. The van der Waals surface area contributed by atoms with E-state index in [1.807, 2.05) is 26.8 Å². The quantitative estimate of drug-likeness (QED) is 0.441. The van der Waals surface area contributed by atoms with Gasteiger partial charge in [-0.05, 0) is 34.1 Å². The van der Waals surface area contributed by atoms with Gasteiger partial charge in [0.2, 0.25) is 0 Å². The van der Waals surface area contributed by atoms with Gasteiger partial charge in [-0.15, -0.1) is 0 Å². The topological polar surface area (TPSA) is 46.5 Å². The number of hydrogen-bond donors (Lipinski definition) is 1. The van der Waals surface area contributed by atoms with Crippen LogP contribution in [0.15, 0.2) is 23.3 Å². The van der Waals surface area contributed by atoms with Crippen LogP contribution in [0.1, 0.15) is 41.0 Å². The highest BCUT2D eigenvalue weighted by molar-refractivity contribution is 5.87. The molecule has 1 N–H and O–H groups in total. The van der Waals surface area contributed by atoms with Gasteiger partial charge in [-0.25, -0.2) is 4.79 Å². The predicted molar refractivity (Wildman–Crippen MR) is 69.6 cm³/mol. The van der Waals surface area contributed by atoms with Crippen LogP contribution in [0.4, 0.5) is 0 Å². The van der Waals surface area contributed by atoms with Crippen molar-refractivity contribution in [3.8, 4) is 0 Å². The Morgan fingerprint density at radius 1 is 1.41 bits per heavy atom. The first-order valence-corrected chi connectivity index (χ1v) is 6.07. The molecule has 3 heteroatoms. The maximum atomic E-state index is 11.4. The second kappa shape index (κ2) is 8.07. The molecule has 3 nitrogen and oxygen atoms in total. The van der Waals surface area contributed by atoms with E-state index in [0.29, 0.717) is 18.6 Å². The summed E-state index contributed by atoms with van der Waals surface area (Å²) in [5, 5.41) is 9.94. The standard InChI is InChI=1S/C14H24O3/c1-6-10(3)8-13(15)11(4)9-12(5)14(16)17-7-2/h6,9,11,13,15H,7-8H2,1-5H3/b10-6+,12-9+/t11-,13-/m1/s1. The number of aliphatic hydroxyl groups is 1. The van der Waals surface area contributed by atoms with E-state index in [1.165, 1.54) is 0 Å². The molecule has 0 aliphatic rings. The van der Waals surface area contributed by atoms with Crippen molar-refractivity contribution >= 4 is 5.97 Å². The lowest BCUT2D eigenvalue weighted by Crippen LogP contribution is -2.17. The molecule has 98 valence electrons. The molecule has 0 aromatic carbocycles. The highest BCUT2D eigenvalue weighted by Gasteiger charge is 2.14. The lowest BCUT2D eigenvalue weighted by atomic mass is 9.96. The summed E-state index contributed by atoms with van der Waals surface area (Å²) in [6, 6.07) is 0. The molecule has 0 bridgehead atoms. The fourth-order valence-electron chi connectivity index (χ4n) is 1.45. The Labute approximate surface area is 104 Å². The molecule has 0 fully saturated rings. The molecule has 0 rings (SSSR count). The Kier molecular flexibility index (Phi) is 7.55. The lowest BCUT2D eigenvalue weighted by Gasteiger charge is -2.16. The Balaban J connectivity index is 4.45. The molecule has 0 spiro atoms. The molecular weight excluding hydrogens is 216 g/mol. The van der Waals surface area contributed by atoms with Crippen molar-refractivity contribution in [3.05, 3.63) is 23.3 Å². The van der Waals surface area contributed by atoms with E-state index in [-0.39, 0.29) is 11.9 Å². The molecule has 0 aliphatic heterocycles. The summed E-state index contributed by atoms with van der Waals surface area (Å²) < 4.78 is 4.89. The van der Waals surface area contributed by atoms with Crippen LogP contribution in [-0.4, -0.2) is 23.8 Å². The molecule has 0 heterocycles. The van der Waals surface area contributed by atoms with E-state index < -0.39 is 6.10 Å². The van der Waals surface area contributed by atoms with Gasteiger partial charge in [-0.2, -0.15) is 0 Å². The minimum atomic E-state index is -0.462. The first-order chi connectivity index (χ1) is 7.92. The fraction of sp³-hybridized carbons (Fsp3) is 0.643. The SMILES string of the molecule is C/C=C(\C)C[C@@H](O)[C@H](C)/C=C(\C)C(=O)OCC.